The van der Waals surface area contributed by atoms with Crippen LogP contribution in [0.2, 0.25) is 0 Å². The van der Waals surface area contributed by atoms with Gasteiger partial charge in [-0.2, -0.15) is 5.21 Å². The summed E-state index contributed by atoms with van der Waals surface area (Å²) in [5, 5.41) is 14.5. The summed E-state index contributed by atoms with van der Waals surface area (Å²) in [6.45, 7) is 5.03. The molecule has 0 spiro atoms. The molecule has 2 aromatic carbocycles. The maximum Gasteiger partial charge on any atom is 0.326 e. The van der Waals surface area contributed by atoms with E-state index in [2.05, 4.69) is 69.8 Å². The largest absolute Gasteiger partial charge is 0.326 e. The molecule has 2 aromatic heterocycles. The van der Waals surface area contributed by atoms with Crippen LogP contribution in [0.1, 0.15) is 62.9 Å². The zero-order valence-corrected chi connectivity index (χ0v) is 20.6. The van der Waals surface area contributed by atoms with E-state index in [1.807, 2.05) is 22.8 Å². The van der Waals surface area contributed by atoms with Crippen molar-refractivity contribution < 1.29 is 0 Å². The predicted octanol–water partition coefficient (Wildman–Crippen LogP) is 5.39. The van der Waals surface area contributed by atoms with E-state index in [9.17, 15) is 4.79 Å². The summed E-state index contributed by atoms with van der Waals surface area (Å²) in [5.74, 6) is 1.76. The molecule has 0 unspecified atom stereocenters. The van der Waals surface area contributed by atoms with Gasteiger partial charge in [0.2, 0.25) is 5.82 Å². The summed E-state index contributed by atoms with van der Waals surface area (Å²) in [6, 6.07) is 16.5. The van der Waals surface area contributed by atoms with Crippen LogP contribution in [0.25, 0.3) is 22.5 Å². The number of hydrogen-bond donors (Lipinski definition) is 2. The van der Waals surface area contributed by atoms with Crippen molar-refractivity contribution in [2.24, 2.45) is 11.8 Å². The first-order valence-electron chi connectivity index (χ1n) is 12.8. The summed E-state index contributed by atoms with van der Waals surface area (Å²) in [7, 11) is 0. The molecule has 1 aliphatic rings. The maximum absolute atomic E-state index is 13.0. The molecule has 1 saturated carbocycles. The van der Waals surface area contributed by atoms with Crippen LogP contribution in [0, 0.1) is 11.8 Å². The summed E-state index contributed by atoms with van der Waals surface area (Å²) in [6.07, 6.45) is 8.45. The second-order valence-electron chi connectivity index (χ2n) is 10.2. The van der Waals surface area contributed by atoms with Gasteiger partial charge in [0, 0.05) is 17.0 Å². The first kappa shape index (κ1) is 23.3. The number of nitrogens with zero attached hydrogens (tertiary/aromatic N) is 4. The quantitative estimate of drug-likeness (QED) is 0.361. The highest BCUT2D eigenvalue weighted by Crippen LogP contribution is 2.30. The Labute approximate surface area is 206 Å². The number of aromatic amines is 2. The lowest BCUT2D eigenvalue weighted by Gasteiger charge is -2.22. The average molecular weight is 471 g/mol. The van der Waals surface area contributed by atoms with Crippen LogP contribution in [0.15, 0.2) is 53.3 Å². The smallest absolute Gasteiger partial charge is 0.310 e. The number of H-pyrrole nitrogens is 2. The van der Waals surface area contributed by atoms with Gasteiger partial charge in [0.25, 0.3) is 0 Å². The molecule has 2 heterocycles. The van der Waals surface area contributed by atoms with Gasteiger partial charge in [-0.25, -0.2) is 4.79 Å². The van der Waals surface area contributed by atoms with Crippen LogP contribution in [-0.4, -0.2) is 30.2 Å². The fraction of sp³-hybridized carbons (Fsp3) is 0.429. The van der Waals surface area contributed by atoms with E-state index in [1.54, 1.807) is 0 Å². The number of benzene rings is 2. The highest BCUT2D eigenvalue weighted by Gasteiger charge is 2.21. The third kappa shape index (κ3) is 5.29. The molecular weight excluding hydrogens is 436 g/mol. The SMILES string of the molecule is CC(C)Cc1c(CC2CCCCC2)[nH]c(=O)n1Cc1ccc(-c2ccccc2-c2nn[nH]n2)cc1. The molecule has 0 amide bonds. The molecule has 2 N–H and O–H groups in total. The minimum Gasteiger partial charge on any atom is -0.310 e. The molecule has 182 valence electrons. The van der Waals surface area contributed by atoms with E-state index in [-0.39, 0.29) is 5.69 Å². The van der Waals surface area contributed by atoms with Gasteiger partial charge >= 0.3 is 5.69 Å². The average Bonchev–Trinajstić information content (AvgIpc) is 3.50. The zero-order valence-electron chi connectivity index (χ0n) is 20.6. The second-order valence-corrected chi connectivity index (χ2v) is 10.2. The van der Waals surface area contributed by atoms with Crippen molar-refractivity contribution in [3.63, 3.8) is 0 Å². The van der Waals surface area contributed by atoms with Gasteiger partial charge in [0.15, 0.2) is 0 Å². The fourth-order valence-electron chi connectivity index (χ4n) is 5.37. The topological polar surface area (TPSA) is 92.2 Å². The van der Waals surface area contributed by atoms with Crippen LogP contribution >= 0.6 is 0 Å². The normalized spacial score (nSPS) is 14.6. The predicted molar refractivity (Wildman–Crippen MR) is 138 cm³/mol. The zero-order chi connectivity index (χ0) is 24.2. The van der Waals surface area contributed by atoms with E-state index in [0.717, 1.165) is 40.8 Å². The molecule has 1 aliphatic carbocycles. The molecule has 7 heteroatoms. The first-order valence-corrected chi connectivity index (χ1v) is 12.8. The van der Waals surface area contributed by atoms with E-state index < -0.39 is 0 Å². The van der Waals surface area contributed by atoms with Gasteiger partial charge in [-0.3, -0.25) is 4.57 Å². The lowest BCUT2D eigenvalue weighted by molar-refractivity contribution is 0.353. The van der Waals surface area contributed by atoms with Crippen molar-refractivity contribution in [2.45, 2.75) is 65.3 Å². The molecule has 35 heavy (non-hydrogen) atoms. The molecule has 0 atom stereocenters. The third-order valence-corrected chi connectivity index (χ3v) is 7.12. The van der Waals surface area contributed by atoms with Gasteiger partial charge in [-0.05, 0) is 46.6 Å². The number of imidazole rings is 1. The lowest BCUT2D eigenvalue weighted by atomic mass is 9.85. The van der Waals surface area contributed by atoms with E-state index >= 15 is 0 Å². The van der Waals surface area contributed by atoms with Crippen LogP contribution in [0.5, 0.6) is 0 Å². The molecule has 4 aromatic rings. The summed E-state index contributed by atoms with van der Waals surface area (Å²) in [5.41, 5.74) is 6.52. The van der Waals surface area contributed by atoms with Crippen molar-refractivity contribution in [1.82, 2.24) is 30.2 Å². The Morgan fingerprint density at radius 2 is 1.74 bits per heavy atom. The van der Waals surface area contributed by atoms with Gasteiger partial charge in [0.05, 0.1) is 6.54 Å². The van der Waals surface area contributed by atoms with Gasteiger partial charge < -0.3 is 4.98 Å². The Morgan fingerprint density at radius 3 is 2.43 bits per heavy atom. The van der Waals surface area contributed by atoms with Gasteiger partial charge in [0.1, 0.15) is 0 Å². The van der Waals surface area contributed by atoms with E-state index in [1.165, 1.54) is 37.8 Å². The van der Waals surface area contributed by atoms with Crippen LogP contribution in [-0.2, 0) is 19.4 Å². The van der Waals surface area contributed by atoms with Gasteiger partial charge in [-0.15, -0.1) is 10.2 Å². The molecule has 5 rings (SSSR count). The minimum absolute atomic E-state index is 0.0120. The maximum atomic E-state index is 13.0. The number of aromatic nitrogens is 6. The molecule has 0 radical (unpaired) electrons. The van der Waals surface area contributed by atoms with Crippen LogP contribution < -0.4 is 5.69 Å². The summed E-state index contributed by atoms with van der Waals surface area (Å²) >= 11 is 0. The van der Waals surface area contributed by atoms with Crippen LogP contribution in [0.4, 0.5) is 0 Å². The standard InChI is InChI=1S/C28H34N6O/c1-19(2)16-26-25(17-20-8-4-3-5-9-20)29-28(35)34(26)18-21-12-14-22(15-13-21)23-10-6-7-11-24(23)27-30-32-33-31-27/h6-7,10-15,19-20H,3-5,8-9,16-18H2,1-2H3,(H,29,35)(H,30,31,32,33). The molecule has 0 aliphatic heterocycles. The van der Waals surface area contributed by atoms with E-state index in [4.69, 9.17) is 0 Å². The number of nitrogens with one attached hydrogen (secondary N) is 2. The molecule has 1 fully saturated rings. The summed E-state index contributed by atoms with van der Waals surface area (Å²) in [4.78, 5) is 16.3. The molecular formula is C28H34N6O. The molecule has 0 bridgehead atoms. The van der Waals surface area contributed by atoms with Crippen LogP contribution in [0.3, 0.4) is 0 Å². The van der Waals surface area contributed by atoms with Crippen molar-refractivity contribution in [3.8, 4) is 22.5 Å². The Hall–Kier alpha value is -3.48. The first-order chi connectivity index (χ1) is 17.1. The molecule has 0 saturated heterocycles. The van der Waals surface area contributed by atoms with Gasteiger partial charge in [-0.1, -0.05) is 94.5 Å². The monoisotopic (exact) mass is 470 g/mol. The second kappa shape index (κ2) is 10.4. The van der Waals surface area contributed by atoms with Crippen molar-refractivity contribution in [1.29, 1.82) is 0 Å². The summed E-state index contributed by atoms with van der Waals surface area (Å²) < 4.78 is 1.96. The highest BCUT2D eigenvalue weighted by atomic mass is 16.1. The Kier molecular flexibility index (Phi) is 6.93. The Morgan fingerprint density at radius 1 is 1.00 bits per heavy atom. The molecule has 7 nitrogen and oxygen atoms in total. The third-order valence-electron chi connectivity index (χ3n) is 7.12. The van der Waals surface area contributed by atoms with Crippen molar-refractivity contribution >= 4 is 0 Å². The Bertz CT molecular complexity index is 1290. The number of tetrazole rings is 1. The Balaban J connectivity index is 1.40. The van der Waals surface area contributed by atoms with E-state index in [0.29, 0.717) is 24.2 Å². The minimum atomic E-state index is 0.0120. The lowest BCUT2D eigenvalue weighted by Crippen LogP contribution is -2.20. The highest BCUT2D eigenvalue weighted by molar-refractivity contribution is 5.80. The fourth-order valence-corrected chi connectivity index (χ4v) is 5.37. The number of hydrogen-bond acceptors (Lipinski definition) is 4. The van der Waals surface area contributed by atoms with Crippen molar-refractivity contribution in [3.05, 3.63) is 76.0 Å². The van der Waals surface area contributed by atoms with Crippen molar-refractivity contribution in [2.75, 3.05) is 0 Å². The number of rotatable bonds is 8.